The predicted octanol–water partition coefficient (Wildman–Crippen LogP) is 3.85. The van der Waals surface area contributed by atoms with E-state index in [4.69, 9.17) is 4.74 Å². The summed E-state index contributed by atoms with van der Waals surface area (Å²) in [6.45, 7) is 3.92. The van der Waals surface area contributed by atoms with Crippen molar-refractivity contribution >= 4 is 17.5 Å². The summed E-state index contributed by atoms with van der Waals surface area (Å²) in [5.74, 6) is 0.531. The van der Waals surface area contributed by atoms with Crippen LogP contribution in [0, 0.1) is 0 Å². The molecule has 0 aromatic heterocycles. The van der Waals surface area contributed by atoms with Crippen molar-refractivity contribution in [2.24, 2.45) is 0 Å². The van der Waals surface area contributed by atoms with E-state index in [0.717, 1.165) is 6.42 Å². The summed E-state index contributed by atoms with van der Waals surface area (Å²) in [6, 6.07) is 13.6. The molecule has 0 saturated carbocycles. The fourth-order valence-electron chi connectivity index (χ4n) is 2.17. The number of ketones is 1. The summed E-state index contributed by atoms with van der Waals surface area (Å²) in [5.41, 5.74) is 1.47. The van der Waals surface area contributed by atoms with Gasteiger partial charge in [0.2, 0.25) is 0 Å². The van der Waals surface area contributed by atoms with E-state index in [-0.39, 0.29) is 17.9 Å². The number of carbonyl (C=O) groups is 2. The number of para-hydroxylation sites is 1. The van der Waals surface area contributed by atoms with E-state index in [1.165, 1.54) is 0 Å². The first-order chi connectivity index (χ1) is 11.5. The lowest BCUT2D eigenvalue weighted by Gasteiger charge is -2.14. The van der Waals surface area contributed by atoms with Crippen LogP contribution in [0.2, 0.25) is 0 Å². The maximum absolute atomic E-state index is 12.7. The van der Waals surface area contributed by atoms with Crippen molar-refractivity contribution in [2.45, 2.75) is 26.3 Å². The number of hydrogen-bond acceptors (Lipinski definition) is 3. The molecule has 0 saturated heterocycles. The zero-order chi connectivity index (χ0) is 17.5. The molecule has 5 heteroatoms. The monoisotopic (exact) mass is 326 g/mol. The molecule has 0 heterocycles. The Labute approximate surface area is 142 Å². The molecule has 0 aliphatic carbocycles. The number of benzene rings is 2. The topological polar surface area (TPSA) is 67.4 Å². The van der Waals surface area contributed by atoms with Crippen LogP contribution in [-0.2, 0) is 0 Å². The Hall–Kier alpha value is -2.82. The van der Waals surface area contributed by atoms with Crippen LogP contribution >= 0.6 is 0 Å². The first-order valence-electron chi connectivity index (χ1n) is 7.90. The Morgan fingerprint density at radius 1 is 1.08 bits per heavy atom. The van der Waals surface area contributed by atoms with Crippen LogP contribution in [0.25, 0.3) is 0 Å². The zero-order valence-electron chi connectivity index (χ0n) is 14.1. The Morgan fingerprint density at radius 2 is 1.75 bits per heavy atom. The molecule has 2 aromatic rings. The SMILES string of the molecule is CCC(C)NC(=O)Nc1ccccc1C(=O)c1ccc(OC)cc1. The first kappa shape index (κ1) is 17.5. The van der Waals surface area contributed by atoms with Crippen molar-refractivity contribution in [1.82, 2.24) is 5.32 Å². The third kappa shape index (κ3) is 4.35. The van der Waals surface area contributed by atoms with Crippen LogP contribution in [0.4, 0.5) is 10.5 Å². The van der Waals surface area contributed by atoms with Gasteiger partial charge in [-0.25, -0.2) is 4.79 Å². The highest BCUT2D eigenvalue weighted by molar-refractivity contribution is 6.13. The van der Waals surface area contributed by atoms with E-state index in [0.29, 0.717) is 22.6 Å². The maximum atomic E-state index is 12.7. The minimum Gasteiger partial charge on any atom is -0.497 e. The molecule has 0 aliphatic heterocycles. The van der Waals surface area contributed by atoms with Gasteiger partial charge in [0.1, 0.15) is 5.75 Å². The summed E-state index contributed by atoms with van der Waals surface area (Å²) in [5, 5.41) is 5.57. The second kappa shape index (κ2) is 8.15. The molecule has 2 amide bonds. The van der Waals surface area contributed by atoms with Crippen molar-refractivity contribution in [3.63, 3.8) is 0 Å². The molecule has 0 spiro atoms. The summed E-state index contributed by atoms with van der Waals surface area (Å²) in [6.07, 6.45) is 0.833. The van der Waals surface area contributed by atoms with Gasteiger partial charge in [-0.1, -0.05) is 19.1 Å². The highest BCUT2D eigenvalue weighted by Gasteiger charge is 2.15. The molecule has 0 bridgehead atoms. The molecule has 0 fully saturated rings. The van der Waals surface area contributed by atoms with Gasteiger partial charge >= 0.3 is 6.03 Å². The van der Waals surface area contributed by atoms with Crippen LogP contribution in [0.5, 0.6) is 5.75 Å². The summed E-state index contributed by atoms with van der Waals surface area (Å²) >= 11 is 0. The van der Waals surface area contributed by atoms with E-state index in [9.17, 15) is 9.59 Å². The van der Waals surface area contributed by atoms with E-state index in [2.05, 4.69) is 10.6 Å². The lowest BCUT2D eigenvalue weighted by molar-refractivity contribution is 0.103. The Morgan fingerprint density at radius 3 is 2.38 bits per heavy atom. The third-order valence-electron chi connectivity index (χ3n) is 3.76. The van der Waals surface area contributed by atoms with Gasteiger partial charge in [0.25, 0.3) is 0 Å². The molecule has 0 aliphatic rings. The number of carbonyl (C=O) groups excluding carboxylic acids is 2. The second-order valence-electron chi connectivity index (χ2n) is 5.51. The quantitative estimate of drug-likeness (QED) is 0.792. The van der Waals surface area contributed by atoms with E-state index in [1.807, 2.05) is 13.8 Å². The molecule has 0 radical (unpaired) electrons. The van der Waals surface area contributed by atoms with Gasteiger partial charge in [-0.2, -0.15) is 0 Å². The minimum absolute atomic E-state index is 0.0643. The predicted molar refractivity (Wildman–Crippen MR) is 94.8 cm³/mol. The fourth-order valence-corrected chi connectivity index (χ4v) is 2.17. The third-order valence-corrected chi connectivity index (χ3v) is 3.76. The molecular formula is C19H22N2O3. The number of ether oxygens (including phenoxy) is 1. The number of hydrogen-bond donors (Lipinski definition) is 2. The molecule has 2 rings (SSSR count). The maximum Gasteiger partial charge on any atom is 0.319 e. The Kier molecular flexibility index (Phi) is 5.95. The Balaban J connectivity index is 2.21. The molecule has 5 nitrogen and oxygen atoms in total. The number of methoxy groups -OCH3 is 1. The van der Waals surface area contributed by atoms with Crippen molar-refractivity contribution in [2.75, 3.05) is 12.4 Å². The summed E-state index contributed by atoms with van der Waals surface area (Å²) < 4.78 is 5.10. The van der Waals surface area contributed by atoms with E-state index < -0.39 is 0 Å². The van der Waals surface area contributed by atoms with Crippen LogP contribution in [0.1, 0.15) is 36.2 Å². The average Bonchev–Trinajstić information content (AvgIpc) is 2.61. The number of rotatable bonds is 6. The lowest BCUT2D eigenvalue weighted by Crippen LogP contribution is -2.36. The van der Waals surface area contributed by atoms with Gasteiger partial charge in [0.15, 0.2) is 5.78 Å². The van der Waals surface area contributed by atoms with Crippen LogP contribution in [-0.4, -0.2) is 25.0 Å². The van der Waals surface area contributed by atoms with Crippen molar-refractivity contribution in [3.8, 4) is 5.75 Å². The van der Waals surface area contributed by atoms with Gasteiger partial charge in [-0.05, 0) is 49.7 Å². The van der Waals surface area contributed by atoms with Crippen molar-refractivity contribution < 1.29 is 14.3 Å². The minimum atomic E-state index is -0.320. The smallest absolute Gasteiger partial charge is 0.319 e. The van der Waals surface area contributed by atoms with Crippen LogP contribution in [0.3, 0.4) is 0 Å². The largest absolute Gasteiger partial charge is 0.497 e. The van der Waals surface area contributed by atoms with Crippen molar-refractivity contribution in [3.05, 3.63) is 59.7 Å². The summed E-state index contributed by atoms with van der Waals surface area (Å²) in [4.78, 5) is 24.7. The molecule has 2 N–H and O–H groups in total. The average molecular weight is 326 g/mol. The van der Waals surface area contributed by atoms with Gasteiger partial charge in [-0.3, -0.25) is 4.79 Å². The molecule has 1 unspecified atom stereocenters. The van der Waals surface area contributed by atoms with Gasteiger partial charge in [0, 0.05) is 17.2 Å². The molecule has 126 valence electrons. The molecule has 1 atom stereocenters. The highest BCUT2D eigenvalue weighted by Crippen LogP contribution is 2.21. The number of nitrogens with one attached hydrogen (secondary N) is 2. The summed E-state index contributed by atoms with van der Waals surface area (Å²) in [7, 11) is 1.58. The first-order valence-corrected chi connectivity index (χ1v) is 7.90. The standard InChI is InChI=1S/C19H22N2O3/c1-4-13(2)20-19(23)21-17-8-6-5-7-16(17)18(22)14-9-11-15(24-3)12-10-14/h5-13H,4H2,1-3H3,(H2,20,21,23). The number of amides is 2. The lowest BCUT2D eigenvalue weighted by atomic mass is 10.0. The van der Waals surface area contributed by atoms with E-state index >= 15 is 0 Å². The normalized spacial score (nSPS) is 11.5. The number of urea groups is 1. The molecular weight excluding hydrogens is 304 g/mol. The molecule has 2 aromatic carbocycles. The Bertz CT molecular complexity index is 711. The second-order valence-corrected chi connectivity index (χ2v) is 5.51. The molecule has 24 heavy (non-hydrogen) atoms. The van der Waals surface area contributed by atoms with Gasteiger partial charge < -0.3 is 15.4 Å². The van der Waals surface area contributed by atoms with Crippen LogP contribution < -0.4 is 15.4 Å². The van der Waals surface area contributed by atoms with Crippen LogP contribution in [0.15, 0.2) is 48.5 Å². The zero-order valence-corrected chi connectivity index (χ0v) is 14.1. The highest BCUT2D eigenvalue weighted by atomic mass is 16.5. The van der Waals surface area contributed by atoms with Gasteiger partial charge in [-0.15, -0.1) is 0 Å². The van der Waals surface area contributed by atoms with Gasteiger partial charge in [0.05, 0.1) is 12.8 Å². The fraction of sp³-hybridized carbons (Fsp3) is 0.263. The number of anilines is 1. The van der Waals surface area contributed by atoms with Crippen molar-refractivity contribution in [1.29, 1.82) is 0 Å². The van der Waals surface area contributed by atoms with E-state index in [1.54, 1.807) is 55.6 Å².